The van der Waals surface area contributed by atoms with Crippen LogP contribution in [-0.2, 0) is 0 Å². The molecule has 0 spiro atoms. The van der Waals surface area contributed by atoms with Crippen molar-refractivity contribution in [2.24, 2.45) is 4.99 Å². The highest BCUT2D eigenvalue weighted by molar-refractivity contribution is 14.0. The molecule has 5 nitrogen and oxygen atoms in total. The number of hydrogen-bond acceptors (Lipinski definition) is 3. The second kappa shape index (κ2) is 12.9. The van der Waals surface area contributed by atoms with E-state index in [9.17, 15) is 13.2 Å². The van der Waals surface area contributed by atoms with E-state index in [2.05, 4.69) is 15.6 Å². The molecule has 0 aromatic heterocycles. The van der Waals surface area contributed by atoms with Gasteiger partial charge in [-0.1, -0.05) is 0 Å². The van der Waals surface area contributed by atoms with Gasteiger partial charge in [0.2, 0.25) is 0 Å². The van der Waals surface area contributed by atoms with Crippen molar-refractivity contribution in [2.45, 2.75) is 45.3 Å². The fraction of sp³-hybridized carbons (Fsp3) is 0.611. The fourth-order valence-electron chi connectivity index (χ4n) is 2.41. The summed E-state index contributed by atoms with van der Waals surface area (Å²) in [4.78, 5) is 4.35. The predicted octanol–water partition coefficient (Wildman–Crippen LogP) is 4.67. The van der Waals surface area contributed by atoms with E-state index in [-0.39, 0.29) is 36.4 Å². The van der Waals surface area contributed by atoms with Crippen molar-refractivity contribution in [3.05, 3.63) is 23.8 Å². The number of aliphatic imine (C=N–C) groups is 1. The standard InChI is InChI=1S/C18H28F3N3O2.HI/c1-5-22-17(23-11-7-6-10-18(19,20)21)24-13(2)15-12-14(25-3)8-9-16(15)26-4;/h8-9,12-13H,5-7,10-11H2,1-4H3,(H2,22,23,24);1H. The van der Waals surface area contributed by atoms with Gasteiger partial charge in [-0.25, -0.2) is 0 Å². The summed E-state index contributed by atoms with van der Waals surface area (Å²) >= 11 is 0. The van der Waals surface area contributed by atoms with Crippen molar-refractivity contribution in [1.29, 1.82) is 0 Å². The van der Waals surface area contributed by atoms with Gasteiger partial charge in [0, 0.05) is 25.1 Å². The van der Waals surface area contributed by atoms with Gasteiger partial charge in [-0.15, -0.1) is 24.0 Å². The Morgan fingerprint density at radius 2 is 1.89 bits per heavy atom. The largest absolute Gasteiger partial charge is 0.497 e. The van der Waals surface area contributed by atoms with E-state index in [0.717, 1.165) is 5.56 Å². The van der Waals surface area contributed by atoms with E-state index in [4.69, 9.17) is 9.47 Å². The molecule has 0 saturated carbocycles. The van der Waals surface area contributed by atoms with E-state index in [0.29, 0.717) is 37.0 Å². The Labute approximate surface area is 176 Å². The third kappa shape index (κ3) is 9.92. The lowest BCUT2D eigenvalue weighted by atomic mass is 10.1. The van der Waals surface area contributed by atoms with Gasteiger partial charge in [-0.3, -0.25) is 4.99 Å². The molecular weight excluding hydrogens is 474 g/mol. The Morgan fingerprint density at radius 1 is 1.19 bits per heavy atom. The summed E-state index contributed by atoms with van der Waals surface area (Å²) in [6.45, 7) is 4.86. The molecule has 0 aliphatic heterocycles. The van der Waals surface area contributed by atoms with Gasteiger partial charge in [-0.05, 0) is 44.9 Å². The van der Waals surface area contributed by atoms with Crippen LogP contribution in [0.25, 0.3) is 0 Å². The smallest absolute Gasteiger partial charge is 0.389 e. The Hall–Kier alpha value is -1.39. The second-order valence-corrected chi connectivity index (χ2v) is 5.81. The van der Waals surface area contributed by atoms with Crippen LogP contribution >= 0.6 is 24.0 Å². The van der Waals surface area contributed by atoms with E-state index in [1.54, 1.807) is 14.2 Å². The second-order valence-electron chi connectivity index (χ2n) is 5.81. The number of benzene rings is 1. The van der Waals surface area contributed by atoms with Crippen molar-refractivity contribution in [2.75, 3.05) is 27.3 Å². The number of methoxy groups -OCH3 is 2. The SMILES string of the molecule is CCNC(=NCCCCC(F)(F)F)NC(C)c1cc(OC)ccc1OC.I. The zero-order chi connectivity index (χ0) is 19.6. The Bertz CT molecular complexity index is 583. The molecular formula is C18H29F3IN3O2. The minimum absolute atomic E-state index is 0. The molecule has 0 fully saturated rings. The highest BCUT2D eigenvalue weighted by Gasteiger charge is 2.25. The molecule has 1 aromatic carbocycles. The number of hydrogen-bond donors (Lipinski definition) is 2. The number of alkyl halides is 3. The lowest BCUT2D eigenvalue weighted by Gasteiger charge is -2.20. The molecule has 1 rings (SSSR count). The number of nitrogens with zero attached hydrogens (tertiary/aromatic N) is 1. The summed E-state index contributed by atoms with van der Waals surface area (Å²) in [5.41, 5.74) is 0.898. The zero-order valence-corrected chi connectivity index (χ0v) is 18.5. The fourth-order valence-corrected chi connectivity index (χ4v) is 2.41. The van der Waals surface area contributed by atoms with Crippen LogP contribution in [0.15, 0.2) is 23.2 Å². The maximum atomic E-state index is 12.2. The summed E-state index contributed by atoms with van der Waals surface area (Å²) in [5.74, 6) is 1.98. The molecule has 2 N–H and O–H groups in total. The summed E-state index contributed by atoms with van der Waals surface area (Å²) in [5, 5.41) is 6.35. The van der Waals surface area contributed by atoms with Gasteiger partial charge >= 0.3 is 6.18 Å². The van der Waals surface area contributed by atoms with Crippen molar-refractivity contribution in [3.63, 3.8) is 0 Å². The number of rotatable bonds is 9. The normalized spacial score (nSPS) is 12.8. The van der Waals surface area contributed by atoms with Crippen molar-refractivity contribution >= 4 is 29.9 Å². The molecule has 0 saturated heterocycles. The van der Waals surface area contributed by atoms with Gasteiger partial charge in [0.05, 0.1) is 20.3 Å². The zero-order valence-electron chi connectivity index (χ0n) is 16.2. The van der Waals surface area contributed by atoms with Crippen LogP contribution in [0.2, 0.25) is 0 Å². The van der Waals surface area contributed by atoms with Crippen molar-refractivity contribution in [3.8, 4) is 11.5 Å². The Kier molecular flexibility index (Phi) is 12.2. The average Bonchev–Trinajstić information content (AvgIpc) is 2.59. The average molecular weight is 503 g/mol. The first kappa shape index (κ1) is 25.6. The van der Waals surface area contributed by atoms with Crippen molar-refractivity contribution < 1.29 is 22.6 Å². The third-order valence-electron chi connectivity index (χ3n) is 3.74. The molecule has 0 aliphatic carbocycles. The first-order valence-electron chi connectivity index (χ1n) is 8.64. The molecule has 0 heterocycles. The first-order chi connectivity index (χ1) is 12.3. The molecule has 1 unspecified atom stereocenters. The molecule has 9 heteroatoms. The molecule has 0 radical (unpaired) electrons. The molecule has 1 aromatic rings. The van der Waals surface area contributed by atoms with E-state index < -0.39 is 12.6 Å². The van der Waals surface area contributed by atoms with Crippen LogP contribution in [-0.4, -0.2) is 39.4 Å². The van der Waals surface area contributed by atoms with Crippen LogP contribution in [0.4, 0.5) is 13.2 Å². The lowest BCUT2D eigenvalue weighted by molar-refractivity contribution is -0.135. The minimum atomic E-state index is -4.11. The lowest BCUT2D eigenvalue weighted by Crippen LogP contribution is -2.39. The molecule has 0 aliphatic rings. The Morgan fingerprint density at radius 3 is 2.44 bits per heavy atom. The number of unbranched alkanes of at least 4 members (excludes halogenated alkanes) is 1. The van der Waals surface area contributed by atoms with E-state index in [1.807, 2.05) is 32.0 Å². The van der Waals surface area contributed by atoms with Crippen molar-refractivity contribution in [1.82, 2.24) is 10.6 Å². The monoisotopic (exact) mass is 503 g/mol. The topological polar surface area (TPSA) is 54.9 Å². The summed E-state index contributed by atoms with van der Waals surface area (Å²) < 4.78 is 47.2. The highest BCUT2D eigenvalue weighted by atomic mass is 127. The maximum Gasteiger partial charge on any atom is 0.389 e. The maximum absolute atomic E-state index is 12.2. The quantitative estimate of drug-likeness (QED) is 0.223. The predicted molar refractivity (Wildman–Crippen MR) is 112 cm³/mol. The molecule has 1 atom stereocenters. The number of halogens is 4. The van der Waals surface area contributed by atoms with Crippen LogP contribution in [0, 0.1) is 0 Å². The van der Waals surface area contributed by atoms with Crippen LogP contribution in [0.3, 0.4) is 0 Å². The van der Waals surface area contributed by atoms with Gasteiger partial charge in [0.25, 0.3) is 0 Å². The summed E-state index contributed by atoms with van der Waals surface area (Å²) in [6, 6.07) is 5.39. The van der Waals surface area contributed by atoms with Crippen LogP contribution < -0.4 is 20.1 Å². The summed E-state index contributed by atoms with van der Waals surface area (Å²) in [7, 11) is 3.19. The molecule has 27 heavy (non-hydrogen) atoms. The number of nitrogens with one attached hydrogen (secondary N) is 2. The first-order valence-corrected chi connectivity index (χ1v) is 8.64. The van der Waals surface area contributed by atoms with Crippen LogP contribution in [0.5, 0.6) is 11.5 Å². The Balaban J connectivity index is 0.00000676. The highest BCUT2D eigenvalue weighted by Crippen LogP contribution is 2.29. The van der Waals surface area contributed by atoms with Gasteiger partial charge in [-0.2, -0.15) is 13.2 Å². The molecule has 0 amide bonds. The van der Waals surface area contributed by atoms with E-state index in [1.165, 1.54) is 0 Å². The van der Waals surface area contributed by atoms with Crippen LogP contribution in [0.1, 0.15) is 44.7 Å². The van der Waals surface area contributed by atoms with E-state index >= 15 is 0 Å². The molecule has 0 bridgehead atoms. The summed E-state index contributed by atoms with van der Waals surface area (Å²) in [6.07, 6.45) is -4.42. The molecule has 156 valence electrons. The number of ether oxygens (including phenoxy) is 2. The third-order valence-corrected chi connectivity index (χ3v) is 3.74. The number of guanidine groups is 1. The minimum Gasteiger partial charge on any atom is -0.497 e. The van der Waals surface area contributed by atoms with Gasteiger partial charge in [0.15, 0.2) is 5.96 Å². The van der Waals surface area contributed by atoms with Gasteiger partial charge < -0.3 is 20.1 Å². The van der Waals surface area contributed by atoms with Gasteiger partial charge in [0.1, 0.15) is 11.5 Å².